The minimum absolute atomic E-state index is 0.432. The summed E-state index contributed by atoms with van der Waals surface area (Å²) in [6.07, 6.45) is 8.62. The Morgan fingerprint density at radius 2 is 2.18 bits per heavy atom. The van der Waals surface area contributed by atoms with Gasteiger partial charge in [-0.3, -0.25) is 9.39 Å². The highest BCUT2D eigenvalue weighted by atomic mass is 15.3. The first-order valence-corrected chi connectivity index (χ1v) is 9.78. The van der Waals surface area contributed by atoms with Crippen LogP contribution in [0.5, 0.6) is 0 Å². The van der Waals surface area contributed by atoms with Crippen molar-refractivity contribution >= 4 is 23.1 Å². The van der Waals surface area contributed by atoms with Crippen LogP contribution in [0.2, 0.25) is 0 Å². The Balaban J connectivity index is 1.38. The van der Waals surface area contributed by atoms with Crippen LogP contribution in [0, 0.1) is 5.92 Å². The Kier molecular flexibility index (Phi) is 5.36. The average Bonchev–Trinajstić information content (AvgIpc) is 3.22. The van der Waals surface area contributed by atoms with Crippen LogP contribution in [0.15, 0.2) is 48.0 Å². The van der Waals surface area contributed by atoms with E-state index in [2.05, 4.69) is 49.4 Å². The summed E-state index contributed by atoms with van der Waals surface area (Å²) in [5.41, 5.74) is 9.16. The molecule has 0 amide bonds. The Morgan fingerprint density at radius 3 is 3.00 bits per heavy atom. The van der Waals surface area contributed by atoms with Gasteiger partial charge in [0.25, 0.3) is 0 Å². The number of hydrogen-bond acceptors (Lipinski definition) is 5. The van der Waals surface area contributed by atoms with Crippen molar-refractivity contribution < 1.29 is 0 Å². The molecule has 1 aliphatic heterocycles. The first kappa shape index (κ1) is 18.2. The van der Waals surface area contributed by atoms with Crippen LogP contribution in [0.4, 0.5) is 11.5 Å². The lowest BCUT2D eigenvalue weighted by Crippen LogP contribution is -2.38. The van der Waals surface area contributed by atoms with Crippen LogP contribution in [0.25, 0.3) is 5.65 Å². The molecule has 0 saturated carbocycles. The van der Waals surface area contributed by atoms with Crippen molar-refractivity contribution in [3.8, 4) is 0 Å². The third-order valence-electron chi connectivity index (χ3n) is 5.17. The molecule has 2 aromatic heterocycles. The fourth-order valence-electron chi connectivity index (χ4n) is 3.61. The number of hydrogen-bond donors (Lipinski definition) is 2. The summed E-state index contributed by atoms with van der Waals surface area (Å²) in [7, 11) is 0. The first-order chi connectivity index (χ1) is 13.7. The second-order valence-electron chi connectivity index (χ2n) is 7.17. The van der Waals surface area contributed by atoms with Gasteiger partial charge in [-0.05, 0) is 42.9 Å². The molecular formula is C20H26N8. The smallest absolute Gasteiger partial charge is 0.203 e. The van der Waals surface area contributed by atoms with Crippen molar-refractivity contribution in [3.63, 3.8) is 0 Å². The highest BCUT2D eigenvalue weighted by Crippen LogP contribution is 2.24. The summed E-state index contributed by atoms with van der Waals surface area (Å²) >= 11 is 0. The van der Waals surface area contributed by atoms with Crippen molar-refractivity contribution in [1.82, 2.24) is 19.6 Å². The highest BCUT2D eigenvalue weighted by molar-refractivity contribution is 5.92. The van der Waals surface area contributed by atoms with Gasteiger partial charge < -0.3 is 16.0 Å². The third kappa shape index (κ3) is 4.05. The summed E-state index contributed by atoms with van der Waals surface area (Å²) < 4.78 is 1.90. The molecule has 4 rings (SSSR count). The number of rotatable bonds is 5. The Bertz CT molecular complexity index is 946. The maximum atomic E-state index is 6.09. The minimum atomic E-state index is 0.432. The number of nitrogens with two attached hydrogens (primary N) is 1. The second-order valence-corrected chi connectivity index (χ2v) is 7.17. The van der Waals surface area contributed by atoms with E-state index in [-0.39, 0.29) is 0 Å². The molecule has 8 heteroatoms. The molecule has 0 spiro atoms. The van der Waals surface area contributed by atoms with Gasteiger partial charge in [-0.25, -0.2) is 4.98 Å². The topological polar surface area (TPSA) is 96.7 Å². The van der Waals surface area contributed by atoms with E-state index in [1.54, 1.807) is 12.5 Å². The Labute approximate surface area is 164 Å². The van der Waals surface area contributed by atoms with Gasteiger partial charge in [0.1, 0.15) is 6.33 Å². The number of piperidine rings is 1. The summed E-state index contributed by atoms with van der Waals surface area (Å²) in [5, 5.41) is 11.4. The normalized spacial score (nSPS) is 17.8. The number of aliphatic imine (C=N–C) groups is 1. The minimum Gasteiger partial charge on any atom is -0.370 e. The number of nitrogens with zero attached hydrogens (tertiary/aromatic N) is 6. The van der Waals surface area contributed by atoms with E-state index in [4.69, 9.17) is 5.73 Å². The lowest BCUT2D eigenvalue weighted by molar-refractivity contribution is 0.422. The van der Waals surface area contributed by atoms with Gasteiger partial charge in [0.15, 0.2) is 11.8 Å². The lowest BCUT2D eigenvalue weighted by Gasteiger charge is -2.32. The first-order valence-electron chi connectivity index (χ1n) is 9.78. The van der Waals surface area contributed by atoms with Gasteiger partial charge in [0, 0.05) is 37.7 Å². The van der Waals surface area contributed by atoms with Gasteiger partial charge in [0.05, 0.1) is 0 Å². The van der Waals surface area contributed by atoms with Crippen LogP contribution in [-0.2, 0) is 6.42 Å². The molecule has 0 radical (unpaired) electrons. The zero-order chi connectivity index (χ0) is 19.3. The lowest BCUT2D eigenvalue weighted by atomic mass is 9.98. The van der Waals surface area contributed by atoms with Gasteiger partial charge in [-0.1, -0.05) is 19.1 Å². The predicted molar refractivity (Wildman–Crippen MR) is 112 cm³/mol. The quantitative estimate of drug-likeness (QED) is 0.522. The summed E-state index contributed by atoms with van der Waals surface area (Å²) in [4.78, 5) is 11.4. The number of guanidine groups is 1. The van der Waals surface area contributed by atoms with Crippen molar-refractivity contribution in [2.45, 2.75) is 26.2 Å². The molecule has 8 nitrogen and oxygen atoms in total. The average molecular weight is 378 g/mol. The van der Waals surface area contributed by atoms with E-state index in [1.165, 1.54) is 5.56 Å². The Morgan fingerprint density at radius 1 is 1.32 bits per heavy atom. The van der Waals surface area contributed by atoms with Crippen molar-refractivity contribution in [1.29, 1.82) is 0 Å². The predicted octanol–water partition coefficient (Wildman–Crippen LogP) is 2.33. The SMILES string of the molecule is CCc1ccc(NC(N)=NCC2CCCN(c3nccn4cnnc34)C2)cc1. The van der Waals surface area contributed by atoms with Gasteiger partial charge in [-0.15, -0.1) is 10.2 Å². The van der Waals surface area contributed by atoms with Crippen molar-refractivity contribution in [3.05, 3.63) is 48.5 Å². The molecular weight excluding hydrogens is 352 g/mol. The van der Waals surface area contributed by atoms with Gasteiger partial charge in [-0.2, -0.15) is 0 Å². The fraction of sp³-hybridized carbons (Fsp3) is 0.400. The maximum Gasteiger partial charge on any atom is 0.203 e. The molecule has 146 valence electrons. The molecule has 1 aliphatic rings. The zero-order valence-corrected chi connectivity index (χ0v) is 16.1. The number of nitrogens with one attached hydrogen (secondary N) is 1. The van der Waals surface area contributed by atoms with Crippen molar-refractivity contribution in [2.75, 3.05) is 29.9 Å². The van der Waals surface area contributed by atoms with Crippen molar-refractivity contribution in [2.24, 2.45) is 16.6 Å². The molecule has 1 unspecified atom stereocenters. The van der Waals surface area contributed by atoms with E-state index < -0.39 is 0 Å². The summed E-state index contributed by atoms with van der Waals surface area (Å²) in [6.45, 7) is 4.70. The van der Waals surface area contributed by atoms with Gasteiger partial charge >= 0.3 is 0 Å². The van der Waals surface area contributed by atoms with Crippen LogP contribution >= 0.6 is 0 Å². The molecule has 1 saturated heterocycles. The fourth-order valence-corrected chi connectivity index (χ4v) is 3.61. The number of aromatic nitrogens is 4. The summed E-state index contributed by atoms with van der Waals surface area (Å²) in [6, 6.07) is 8.28. The molecule has 1 aromatic carbocycles. The second kappa shape index (κ2) is 8.24. The molecule has 3 heterocycles. The number of fused-ring (bicyclic) bond motifs is 1. The van der Waals surface area contributed by atoms with E-state index in [0.29, 0.717) is 18.4 Å². The monoisotopic (exact) mass is 378 g/mol. The molecule has 1 fully saturated rings. The molecule has 0 bridgehead atoms. The highest BCUT2D eigenvalue weighted by Gasteiger charge is 2.23. The van der Waals surface area contributed by atoms with E-state index in [0.717, 1.165) is 49.5 Å². The maximum absolute atomic E-state index is 6.09. The number of aryl methyl sites for hydroxylation is 1. The van der Waals surface area contributed by atoms with Crippen LogP contribution < -0.4 is 16.0 Å². The standard InChI is InChI=1S/C20H26N8/c1-2-15-5-7-17(8-6-15)25-20(21)23-12-16-4-3-10-27(13-16)18-19-26-24-14-28(19)11-9-22-18/h5-9,11,14,16H,2-4,10,12-13H2,1H3,(H3,21,23,25). The zero-order valence-electron chi connectivity index (χ0n) is 16.1. The number of anilines is 2. The molecule has 3 aromatic rings. The van der Waals surface area contributed by atoms with E-state index in [9.17, 15) is 0 Å². The van der Waals surface area contributed by atoms with Crippen LogP contribution in [0.1, 0.15) is 25.3 Å². The van der Waals surface area contributed by atoms with Crippen LogP contribution in [-0.4, -0.2) is 45.2 Å². The van der Waals surface area contributed by atoms with E-state index in [1.807, 2.05) is 22.7 Å². The summed E-state index contributed by atoms with van der Waals surface area (Å²) in [5.74, 6) is 1.77. The largest absolute Gasteiger partial charge is 0.370 e. The molecule has 28 heavy (non-hydrogen) atoms. The molecule has 1 atom stereocenters. The Hall–Kier alpha value is -3.16. The number of benzene rings is 1. The third-order valence-corrected chi connectivity index (χ3v) is 5.17. The van der Waals surface area contributed by atoms with Crippen LogP contribution in [0.3, 0.4) is 0 Å². The molecule has 0 aliphatic carbocycles. The molecule has 3 N–H and O–H groups in total. The van der Waals surface area contributed by atoms with Gasteiger partial charge in [0.2, 0.25) is 5.65 Å². The van der Waals surface area contributed by atoms with E-state index >= 15 is 0 Å².